The second-order valence-electron chi connectivity index (χ2n) is 3.45. The van der Waals surface area contributed by atoms with Crippen LogP contribution in [-0.4, -0.2) is 0 Å². The highest BCUT2D eigenvalue weighted by Crippen LogP contribution is 2.38. The van der Waals surface area contributed by atoms with Crippen LogP contribution in [0.4, 0.5) is 0 Å². The molecule has 11 heavy (non-hydrogen) atoms. The summed E-state index contributed by atoms with van der Waals surface area (Å²) in [6.07, 6.45) is 5.91. The van der Waals surface area contributed by atoms with Gasteiger partial charge in [0.05, 0.1) is 0 Å². The summed E-state index contributed by atoms with van der Waals surface area (Å²) < 4.78 is 0. The molecule has 0 saturated heterocycles. The highest BCUT2D eigenvalue weighted by atomic mass is 14.3. The summed E-state index contributed by atoms with van der Waals surface area (Å²) in [6.45, 7) is 13.0. The molecule has 0 aliphatic rings. The Kier molecular flexibility index (Phi) is 4.48. The minimum absolute atomic E-state index is 0.516. The molecule has 0 radical (unpaired) electrons. The van der Waals surface area contributed by atoms with Gasteiger partial charge >= 0.3 is 0 Å². The summed E-state index contributed by atoms with van der Waals surface area (Å²) in [5, 5.41) is 0. The largest absolute Gasteiger partial charge is 0.103 e. The van der Waals surface area contributed by atoms with E-state index in [1.54, 1.807) is 0 Å². The summed E-state index contributed by atoms with van der Waals surface area (Å²) in [7, 11) is 0. The standard InChI is InChI=1S/C11H22/c1-6-10(5)11(7-2,8-3)9-4/h6,10H,1,7-9H2,2-5H3. The first kappa shape index (κ1) is 10.7. The molecule has 0 amide bonds. The molecule has 0 aliphatic heterocycles. The third-order valence-corrected chi connectivity index (χ3v) is 3.43. The Bertz CT molecular complexity index is 101. The molecule has 1 atom stereocenters. The van der Waals surface area contributed by atoms with Crippen molar-refractivity contribution in [1.29, 1.82) is 0 Å². The normalized spacial score (nSPS) is 14.5. The van der Waals surface area contributed by atoms with Gasteiger partial charge in [-0.2, -0.15) is 0 Å². The smallest absolute Gasteiger partial charge is 0.0208 e. The predicted molar refractivity (Wildman–Crippen MR) is 52.7 cm³/mol. The lowest BCUT2D eigenvalue weighted by atomic mass is 9.70. The van der Waals surface area contributed by atoms with Crippen molar-refractivity contribution in [2.75, 3.05) is 0 Å². The SMILES string of the molecule is C=CC(C)C(CC)(CC)CC. The van der Waals surface area contributed by atoms with Gasteiger partial charge in [-0.15, -0.1) is 6.58 Å². The van der Waals surface area contributed by atoms with Crippen LogP contribution in [0.25, 0.3) is 0 Å². The molecule has 0 nitrogen and oxygen atoms in total. The summed E-state index contributed by atoms with van der Waals surface area (Å²) in [6, 6.07) is 0. The van der Waals surface area contributed by atoms with Gasteiger partial charge in [0.15, 0.2) is 0 Å². The molecular formula is C11H22. The van der Waals surface area contributed by atoms with Gasteiger partial charge in [-0.3, -0.25) is 0 Å². The maximum atomic E-state index is 3.87. The van der Waals surface area contributed by atoms with Crippen LogP contribution >= 0.6 is 0 Å². The van der Waals surface area contributed by atoms with Crippen LogP contribution in [-0.2, 0) is 0 Å². The minimum Gasteiger partial charge on any atom is -0.103 e. The molecule has 0 aromatic rings. The lowest BCUT2D eigenvalue weighted by Gasteiger charge is -2.35. The first-order valence-electron chi connectivity index (χ1n) is 4.79. The molecule has 0 saturated carbocycles. The third kappa shape index (κ3) is 2.08. The zero-order valence-electron chi connectivity index (χ0n) is 8.48. The molecule has 0 heterocycles. The van der Waals surface area contributed by atoms with Gasteiger partial charge in [-0.05, 0) is 30.6 Å². The number of hydrogen-bond donors (Lipinski definition) is 0. The Hall–Kier alpha value is -0.260. The van der Waals surface area contributed by atoms with E-state index in [1.165, 1.54) is 19.3 Å². The molecule has 0 spiro atoms. The fraction of sp³-hybridized carbons (Fsp3) is 0.818. The Morgan fingerprint density at radius 3 is 1.64 bits per heavy atom. The van der Waals surface area contributed by atoms with Gasteiger partial charge in [-0.25, -0.2) is 0 Å². The van der Waals surface area contributed by atoms with E-state index in [4.69, 9.17) is 0 Å². The molecular weight excluding hydrogens is 132 g/mol. The van der Waals surface area contributed by atoms with Crippen LogP contribution in [0, 0.1) is 11.3 Å². The fourth-order valence-electron chi connectivity index (χ4n) is 1.97. The van der Waals surface area contributed by atoms with E-state index in [0.29, 0.717) is 11.3 Å². The lowest BCUT2D eigenvalue weighted by Crippen LogP contribution is -2.25. The molecule has 66 valence electrons. The predicted octanol–water partition coefficient (Wildman–Crippen LogP) is 4.02. The summed E-state index contributed by atoms with van der Waals surface area (Å²) in [5.74, 6) is 0.655. The van der Waals surface area contributed by atoms with Gasteiger partial charge in [0.1, 0.15) is 0 Å². The van der Waals surface area contributed by atoms with Crippen LogP contribution in [0.1, 0.15) is 47.0 Å². The molecule has 0 rings (SSSR count). The van der Waals surface area contributed by atoms with Gasteiger partial charge < -0.3 is 0 Å². The van der Waals surface area contributed by atoms with E-state index in [9.17, 15) is 0 Å². The summed E-state index contributed by atoms with van der Waals surface area (Å²) >= 11 is 0. The Labute approximate surface area is 71.7 Å². The van der Waals surface area contributed by atoms with E-state index in [2.05, 4.69) is 40.3 Å². The molecule has 1 unspecified atom stereocenters. The lowest BCUT2D eigenvalue weighted by molar-refractivity contribution is 0.183. The quantitative estimate of drug-likeness (QED) is 0.524. The highest BCUT2D eigenvalue weighted by Gasteiger charge is 2.28. The van der Waals surface area contributed by atoms with E-state index < -0.39 is 0 Å². The second kappa shape index (κ2) is 4.58. The zero-order valence-corrected chi connectivity index (χ0v) is 8.48. The van der Waals surface area contributed by atoms with E-state index >= 15 is 0 Å². The first-order valence-corrected chi connectivity index (χ1v) is 4.79. The van der Waals surface area contributed by atoms with E-state index in [1.807, 2.05) is 0 Å². The number of hydrogen-bond acceptors (Lipinski definition) is 0. The molecule has 0 aromatic carbocycles. The Balaban J connectivity index is 4.38. The van der Waals surface area contributed by atoms with Crippen molar-refractivity contribution >= 4 is 0 Å². The topological polar surface area (TPSA) is 0 Å². The van der Waals surface area contributed by atoms with Crippen LogP contribution in [0.15, 0.2) is 12.7 Å². The maximum Gasteiger partial charge on any atom is -0.0208 e. The van der Waals surface area contributed by atoms with Crippen molar-refractivity contribution in [2.45, 2.75) is 47.0 Å². The van der Waals surface area contributed by atoms with E-state index in [-0.39, 0.29) is 0 Å². The van der Waals surface area contributed by atoms with Crippen molar-refractivity contribution in [2.24, 2.45) is 11.3 Å². The minimum atomic E-state index is 0.516. The molecule has 0 N–H and O–H groups in total. The Morgan fingerprint density at radius 1 is 1.18 bits per heavy atom. The summed E-state index contributed by atoms with van der Waals surface area (Å²) in [5.41, 5.74) is 0.516. The van der Waals surface area contributed by atoms with Crippen molar-refractivity contribution in [3.63, 3.8) is 0 Å². The van der Waals surface area contributed by atoms with Crippen LogP contribution in [0.5, 0.6) is 0 Å². The monoisotopic (exact) mass is 154 g/mol. The van der Waals surface area contributed by atoms with Gasteiger partial charge in [-0.1, -0.05) is 33.8 Å². The molecule has 0 bridgehead atoms. The summed E-state index contributed by atoms with van der Waals surface area (Å²) in [4.78, 5) is 0. The van der Waals surface area contributed by atoms with Gasteiger partial charge in [0.25, 0.3) is 0 Å². The molecule has 0 fully saturated rings. The maximum absolute atomic E-state index is 3.87. The van der Waals surface area contributed by atoms with Crippen molar-refractivity contribution < 1.29 is 0 Å². The van der Waals surface area contributed by atoms with Gasteiger partial charge in [0.2, 0.25) is 0 Å². The van der Waals surface area contributed by atoms with Crippen LogP contribution in [0.3, 0.4) is 0 Å². The van der Waals surface area contributed by atoms with E-state index in [0.717, 1.165) is 0 Å². The van der Waals surface area contributed by atoms with Crippen LogP contribution in [0.2, 0.25) is 0 Å². The van der Waals surface area contributed by atoms with Crippen LogP contribution < -0.4 is 0 Å². The average Bonchev–Trinajstić information content (AvgIpc) is 2.08. The average molecular weight is 154 g/mol. The second-order valence-corrected chi connectivity index (χ2v) is 3.45. The van der Waals surface area contributed by atoms with Gasteiger partial charge in [0, 0.05) is 0 Å². The zero-order chi connectivity index (χ0) is 8.91. The highest BCUT2D eigenvalue weighted by molar-refractivity contribution is 4.90. The van der Waals surface area contributed by atoms with Crippen molar-refractivity contribution in [1.82, 2.24) is 0 Å². The molecule has 0 heteroatoms. The first-order chi connectivity index (χ1) is 5.16. The third-order valence-electron chi connectivity index (χ3n) is 3.43. The van der Waals surface area contributed by atoms with Crippen molar-refractivity contribution in [3.8, 4) is 0 Å². The fourth-order valence-corrected chi connectivity index (χ4v) is 1.97. The van der Waals surface area contributed by atoms with Crippen molar-refractivity contribution in [3.05, 3.63) is 12.7 Å². The molecule has 0 aromatic heterocycles. The molecule has 0 aliphatic carbocycles. The Morgan fingerprint density at radius 2 is 1.55 bits per heavy atom. The number of rotatable bonds is 5. The number of allylic oxidation sites excluding steroid dienone is 1.